The molecule has 0 spiro atoms. The largest absolute Gasteiger partial charge is 0.378 e. The van der Waals surface area contributed by atoms with E-state index < -0.39 is 0 Å². The van der Waals surface area contributed by atoms with Crippen molar-refractivity contribution < 1.29 is 4.74 Å². The van der Waals surface area contributed by atoms with Crippen LogP contribution in [0.4, 0.5) is 5.69 Å². The Labute approximate surface area is 129 Å². The minimum atomic E-state index is -0.188. The van der Waals surface area contributed by atoms with Gasteiger partial charge < -0.3 is 15.4 Å². The van der Waals surface area contributed by atoms with Gasteiger partial charge in [0.1, 0.15) is 0 Å². The number of aryl methyl sites for hydroxylation is 1. The molecule has 3 nitrogen and oxygen atoms in total. The van der Waals surface area contributed by atoms with Crippen LogP contribution in [0.25, 0.3) is 0 Å². The Hall–Kier alpha value is -1.06. The molecule has 2 unspecified atom stereocenters. The number of anilines is 1. The second kappa shape index (κ2) is 5.98. The number of ether oxygens (including phenoxy) is 1. The quantitative estimate of drug-likeness (QED) is 0.873. The maximum Gasteiger partial charge on any atom is 0.0662 e. The molecule has 1 aromatic rings. The maximum atomic E-state index is 6.73. The van der Waals surface area contributed by atoms with E-state index in [9.17, 15) is 0 Å². The highest BCUT2D eigenvalue weighted by atomic mass is 16.5. The molecule has 118 valence electrons. The zero-order valence-corrected chi connectivity index (χ0v) is 14.1. The molecule has 0 aliphatic heterocycles. The van der Waals surface area contributed by atoms with Crippen LogP contribution < -0.4 is 10.6 Å². The fourth-order valence-electron chi connectivity index (χ4n) is 3.33. The molecular formula is C18H30N2O. The van der Waals surface area contributed by atoms with Crippen molar-refractivity contribution in [2.45, 2.75) is 52.7 Å². The first-order valence-electron chi connectivity index (χ1n) is 8.06. The molecule has 1 aliphatic rings. The summed E-state index contributed by atoms with van der Waals surface area (Å²) < 4.78 is 5.83. The van der Waals surface area contributed by atoms with Gasteiger partial charge in [-0.2, -0.15) is 0 Å². The molecular weight excluding hydrogens is 260 g/mol. The van der Waals surface area contributed by atoms with Gasteiger partial charge in [0.2, 0.25) is 0 Å². The molecule has 0 radical (unpaired) electrons. The Kier molecular flexibility index (Phi) is 4.64. The normalized spacial score (nSPS) is 27.2. The lowest BCUT2D eigenvalue weighted by Gasteiger charge is -2.60. The highest BCUT2D eigenvalue weighted by molar-refractivity contribution is 5.49. The summed E-state index contributed by atoms with van der Waals surface area (Å²) in [5.74, 6) is 0. The van der Waals surface area contributed by atoms with Crippen molar-refractivity contribution >= 4 is 5.69 Å². The Morgan fingerprint density at radius 3 is 2.57 bits per heavy atom. The molecule has 0 saturated heterocycles. The summed E-state index contributed by atoms with van der Waals surface area (Å²) >= 11 is 0. The van der Waals surface area contributed by atoms with Gasteiger partial charge in [0, 0.05) is 36.3 Å². The first-order chi connectivity index (χ1) is 9.84. The van der Waals surface area contributed by atoms with Gasteiger partial charge in [-0.05, 0) is 44.9 Å². The van der Waals surface area contributed by atoms with Gasteiger partial charge in [0.25, 0.3) is 0 Å². The molecule has 1 fully saturated rings. The van der Waals surface area contributed by atoms with Crippen LogP contribution in [-0.4, -0.2) is 31.3 Å². The van der Waals surface area contributed by atoms with Crippen LogP contribution in [0.3, 0.4) is 0 Å². The van der Waals surface area contributed by atoms with Crippen molar-refractivity contribution in [1.29, 1.82) is 0 Å². The second-order valence-corrected chi connectivity index (χ2v) is 6.88. The van der Waals surface area contributed by atoms with E-state index in [-0.39, 0.29) is 17.1 Å². The first-order valence-corrected chi connectivity index (χ1v) is 8.06. The lowest BCUT2D eigenvalue weighted by molar-refractivity contribution is -0.146. The topological polar surface area (TPSA) is 38.5 Å². The molecule has 0 amide bonds. The van der Waals surface area contributed by atoms with Crippen molar-refractivity contribution in [3.05, 3.63) is 29.8 Å². The van der Waals surface area contributed by atoms with Crippen molar-refractivity contribution in [1.82, 2.24) is 0 Å². The van der Waals surface area contributed by atoms with Crippen molar-refractivity contribution in [3.63, 3.8) is 0 Å². The van der Waals surface area contributed by atoms with Gasteiger partial charge in [-0.1, -0.05) is 26.0 Å². The summed E-state index contributed by atoms with van der Waals surface area (Å²) in [6.07, 6.45) is 1.22. The average Bonchev–Trinajstić information content (AvgIpc) is 2.44. The van der Waals surface area contributed by atoms with Gasteiger partial charge in [-0.25, -0.2) is 0 Å². The van der Waals surface area contributed by atoms with Crippen LogP contribution in [0, 0.1) is 12.3 Å². The molecule has 0 heterocycles. The van der Waals surface area contributed by atoms with Gasteiger partial charge in [-0.3, -0.25) is 0 Å². The molecule has 1 aliphatic carbocycles. The Balaban J connectivity index is 2.12. The molecule has 0 bridgehead atoms. The molecule has 2 N–H and O–H groups in total. The Morgan fingerprint density at radius 1 is 1.33 bits per heavy atom. The number of nitrogens with zero attached hydrogens (tertiary/aromatic N) is 1. The summed E-state index contributed by atoms with van der Waals surface area (Å²) in [5.41, 5.74) is 9.11. The van der Waals surface area contributed by atoms with Crippen LogP contribution in [0.15, 0.2) is 24.3 Å². The van der Waals surface area contributed by atoms with Crippen LogP contribution >= 0.6 is 0 Å². The van der Waals surface area contributed by atoms with Gasteiger partial charge in [0.15, 0.2) is 0 Å². The number of hydrogen-bond acceptors (Lipinski definition) is 3. The van der Waals surface area contributed by atoms with Gasteiger partial charge in [-0.15, -0.1) is 0 Å². The van der Waals surface area contributed by atoms with E-state index in [1.54, 1.807) is 0 Å². The molecule has 2 atom stereocenters. The minimum absolute atomic E-state index is 0.0141. The second-order valence-electron chi connectivity index (χ2n) is 6.88. The predicted octanol–water partition coefficient (Wildman–Crippen LogP) is 3.35. The van der Waals surface area contributed by atoms with Crippen LogP contribution in [-0.2, 0) is 4.74 Å². The third kappa shape index (κ3) is 2.95. The van der Waals surface area contributed by atoms with Crippen LogP contribution in [0.1, 0.15) is 39.7 Å². The third-order valence-electron chi connectivity index (χ3n) is 5.23. The molecule has 21 heavy (non-hydrogen) atoms. The Morgan fingerprint density at radius 2 is 2.05 bits per heavy atom. The summed E-state index contributed by atoms with van der Waals surface area (Å²) in [5, 5.41) is 0. The fourth-order valence-corrected chi connectivity index (χ4v) is 3.33. The first kappa shape index (κ1) is 16.3. The highest BCUT2D eigenvalue weighted by Gasteiger charge is 2.58. The van der Waals surface area contributed by atoms with Gasteiger partial charge in [0.05, 0.1) is 6.10 Å². The predicted molar refractivity (Wildman–Crippen MR) is 89.8 cm³/mol. The lowest BCUT2D eigenvalue weighted by Crippen LogP contribution is -2.73. The van der Waals surface area contributed by atoms with Crippen molar-refractivity contribution in [2.24, 2.45) is 11.1 Å². The molecule has 1 saturated carbocycles. The summed E-state index contributed by atoms with van der Waals surface area (Å²) in [7, 11) is 0. The Bertz CT molecular complexity index is 486. The monoisotopic (exact) mass is 290 g/mol. The summed E-state index contributed by atoms with van der Waals surface area (Å²) in [6.45, 7) is 13.5. The molecule has 3 heteroatoms. The highest BCUT2D eigenvalue weighted by Crippen LogP contribution is 2.50. The molecule has 0 aromatic heterocycles. The van der Waals surface area contributed by atoms with Crippen molar-refractivity contribution in [3.8, 4) is 0 Å². The number of likely N-dealkylation sites (N-methyl/N-ethyl adjacent to an activating group) is 1. The number of hydrogen-bond donors (Lipinski definition) is 1. The van der Waals surface area contributed by atoms with E-state index in [2.05, 4.69) is 63.8 Å². The van der Waals surface area contributed by atoms with Gasteiger partial charge >= 0.3 is 0 Å². The number of nitrogens with two attached hydrogens (primary N) is 1. The average molecular weight is 290 g/mol. The minimum Gasteiger partial charge on any atom is -0.378 e. The third-order valence-corrected chi connectivity index (χ3v) is 5.23. The zero-order chi connectivity index (χ0) is 15.7. The summed E-state index contributed by atoms with van der Waals surface area (Å²) in [4.78, 5) is 2.39. The molecule has 1 aromatic carbocycles. The SMILES string of the molecule is CCOC1CC(N)(CN(CC)c2cccc(C)c2)C1(C)C. The van der Waals surface area contributed by atoms with E-state index in [1.807, 2.05) is 0 Å². The zero-order valence-electron chi connectivity index (χ0n) is 14.1. The standard InChI is InChI=1S/C18H30N2O/c1-6-20(15-10-8-9-14(3)11-15)13-18(19)12-16(21-7-2)17(18,4)5/h8-11,16H,6-7,12-13,19H2,1-5H3. The maximum absolute atomic E-state index is 6.73. The smallest absolute Gasteiger partial charge is 0.0662 e. The number of rotatable bonds is 6. The van der Waals surface area contributed by atoms with Crippen molar-refractivity contribution in [2.75, 3.05) is 24.6 Å². The van der Waals surface area contributed by atoms with E-state index in [4.69, 9.17) is 10.5 Å². The van der Waals surface area contributed by atoms with E-state index >= 15 is 0 Å². The molecule has 2 rings (SSSR count). The van der Waals surface area contributed by atoms with Crippen LogP contribution in [0.2, 0.25) is 0 Å². The van der Waals surface area contributed by atoms with Crippen LogP contribution in [0.5, 0.6) is 0 Å². The lowest BCUT2D eigenvalue weighted by atomic mass is 9.54. The van der Waals surface area contributed by atoms with E-state index in [0.717, 1.165) is 26.1 Å². The van der Waals surface area contributed by atoms with E-state index in [1.165, 1.54) is 11.3 Å². The van der Waals surface area contributed by atoms with E-state index in [0.29, 0.717) is 0 Å². The number of benzene rings is 1. The fraction of sp³-hybridized carbons (Fsp3) is 0.667. The summed E-state index contributed by atoms with van der Waals surface area (Å²) in [6, 6.07) is 8.66.